The Morgan fingerprint density at radius 1 is 1.42 bits per heavy atom. The van der Waals surface area contributed by atoms with Gasteiger partial charge in [0, 0.05) is 43.5 Å². The SMILES string of the molecule is CCc1ccc2c(c1)[C@H]1C[C@@H](CC(N)=O)[C@H](CCSF)CN1CC2. The highest BCUT2D eigenvalue weighted by molar-refractivity contribution is 7.94. The quantitative estimate of drug-likeness (QED) is 0.851. The molecule has 0 aliphatic carbocycles. The second-order valence-electron chi connectivity index (χ2n) is 7.18. The average molecular weight is 351 g/mol. The number of primary amides is 1. The first kappa shape index (κ1) is 17.7. The van der Waals surface area contributed by atoms with Crippen molar-refractivity contribution >= 4 is 18.1 Å². The topological polar surface area (TPSA) is 46.3 Å². The molecule has 1 amide bonds. The second-order valence-corrected chi connectivity index (χ2v) is 7.80. The summed E-state index contributed by atoms with van der Waals surface area (Å²) in [6, 6.07) is 7.25. The van der Waals surface area contributed by atoms with Gasteiger partial charge >= 0.3 is 0 Å². The molecule has 2 aliphatic rings. The molecule has 0 spiro atoms. The fraction of sp³-hybridized carbons (Fsp3) is 0.632. The Labute approximate surface area is 148 Å². The maximum absolute atomic E-state index is 12.6. The highest BCUT2D eigenvalue weighted by Gasteiger charge is 2.39. The highest BCUT2D eigenvalue weighted by Crippen LogP contribution is 2.43. The van der Waals surface area contributed by atoms with Crippen LogP contribution in [0.2, 0.25) is 0 Å². The number of carbonyl (C=O) groups excluding carboxylic acids is 1. The molecule has 0 unspecified atom stereocenters. The highest BCUT2D eigenvalue weighted by atomic mass is 32.2. The molecule has 0 saturated carbocycles. The third-order valence-electron chi connectivity index (χ3n) is 5.78. The first-order chi connectivity index (χ1) is 11.6. The van der Waals surface area contributed by atoms with Crippen LogP contribution in [0.4, 0.5) is 3.89 Å². The van der Waals surface area contributed by atoms with E-state index in [4.69, 9.17) is 5.73 Å². The number of amides is 1. The van der Waals surface area contributed by atoms with Crippen LogP contribution >= 0.6 is 12.1 Å². The number of hydrogen-bond acceptors (Lipinski definition) is 3. The van der Waals surface area contributed by atoms with Gasteiger partial charge in [-0.2, -0.15) is 3.89 Å². The fourth-order valence-corrected chi connectivity index (χ4v) is 4.87. The molecular weight excluding hydrogens is 323 g/mol. The summed E-state index contributed by atoms with van der Waals surface area (Å²) >= 11 is 0.404. The van der Waals surface area contributed by atoms with Gasteiger partial charge in [0.05, 0.1) is 0 Å². The lowest BCUT2D eigenvalue weighted by molar-refractivity contribution is -0.120. The van der Waals surface area contributed by atoms with E-state index < -0.39 is 0 Å². The van der Waals surface area contributed by atoms with Gasteiger partial charge < -0.3 is 5.73 Å². The number of nitrogens with zero attached hydrogens (tertiary/aromatic N) is 1. The van der Waals surface area contributed by atoms with Gasteiger partial charge in [-0.25, -0.2) is 0 Å². The molecule has 1 aromatic rings. The number of benzene rings is 1. The van der Waals surface area contributed by atoms with E-state index in [-0.39, 0.29) is 11.8 Å². The zero-order valence-corrected chi connectivity index (χ0v) is 15.2. The molecule has 1 saturated heterocycles. The molecule has 3 rings (SSSR count). The third-order valence-corrected chi connectivity index (χ3v) is 6.17. The molecular formula is C19H27FN2OS. The Hall–Kier alpha value is -1.07. The van der Waals surface area contributed by atoms with Crippen LogP contribution < -0.4 is 5.73 Å². The Morgan fingerprint density at radius 2 is 2.25 bits per heavy atom. The molecule has 5 heteroatoms. The second kappa shape index (κ2) is 7.87. The van der Waals surface area contributed by atoms with Gasteiger partial charge in [-0.1, -0.05) is 25.1 Å². The molecule has 1 aromatic carbocycles. The Kier molecular flexibility index (Phi) is 5.82. The zero-order valence-electron chi connectivity index (χ0n) is 14.3. The van der Waals surface area contributed by atoms with Gasteiger partial charge in [0.2, 0.25) is 5.91 Å². The number of hydrogen-bond donors (Lipinski definition) is 1. The first-order valence-electron chi connectivity index (χ1n) is 9.00. The number of piperidine rings is 1. The molecule has 24 heavy (non-hydrogen) atoms. The van der Waals surface area contributed by atoms with Gasteiger partial charge in [0.25, 0.3) is 0 Å². The molecule has 2 heterocycles. The van der Waals surface area contributed by atoms with Gasteiger partial charge in [0.15, 0.2) is 0 Å². The summed E-state index contributed by atoms with van der Waals surface area (Å²) < 4.78 is 12.6. The molecule has 2 aliphatic heterocycles. The van der Waals surface area contributed by atoms with E-state index in [1.54, 1.807) is 0 Å². The largest absolute Gasteiger partial charge is 0.370 e. The van der Waals surface area contributed by atoms with Crippen LogP contribution in [0.15, 0.2) is 18.2 Å². The predicted molar refractivity (Wildman–Crippen MR) is 97.4 cm³/mol. The van der Waals surface area contributed by atoms with Crippen LogP contribution in [0.3, 0.4) is 0 Å². The van der Waals surface area contributed by atoms with Crippen molar-refractivity contribution in [1.29, 1.82) is 0 Å². The van der Waals surface area contributed by atoms with E-state index in [2.05, 4.69) is 30.0 Å². The number of halogens is 1. The van der Waals surface area contributed by atoms with Crippen molar-refractivity contribution in [2.45, 2.75) is 45.1 Å². The summed E-state index contributed by atoms with van der Waals surface area (Å²) in [5.41, 5.74) is 9.75. The van der Waals surface area contributed by atoms with Gasteiger partial charge in [0.1, 0.15) is 0 Å². The minimum absolute atomic E-state index is 0.232. The van der Waals surface area contributed by atoms with Crippen molar-refractivity contribution in [3.63, 3.8) is 0 Å². The minimum atomic E-state index is -0.232. The molecule has 0 aromatic heterocycles. The standard InChI is InChI=1S/C19H27FN2OS/c1-2-13-3-4-14-5-7-22-12-15(6-8-24-20)16(11-19(21)23)10-18(22)17(14)9-13/h3-4,9,15-16,18H,2,5-8,10-12H2,1H3,(H2,21,23)/t15-,16+,18-/m1/s1. The zero-order chi connectivity index (χ0) is 17.1. The maximum atomic E-state index is 12.6. The van der Waals surface area contributed by atoms with E-state index in [0.717, 1.165) is 38.8 Å². The Morgan fingerprint density at radius 3 is 2.96 bits per heavy atom. The van der Waals surface area contributed by atoms with E-state index in [1.807, 2.05) is 0 Å². The van der Waals surface area contributed by atoms with Crippen LogP contribution in [-0.2, 0) is 17.6 Å². The molecule has 132 valence electrons. The van der Waals surface area contributed by atoms with Crippen LogP contribution in [0.1, 0.15) is 48.9 Å². The van der Waals surface area contributed by atoms with E-state index in [9.17, 15) is 8.68 Å². The summed E-state index contributed by atoms with van der Waals surface area (Å²) in [5.74, 6) is 0.916. The predicted octanol–water partition coefficient (Wildman–Crippen LogP) is 3.67. The van der Waals surface area contributed by atoms with Crippen molar-refractivity contribution in [1.82, 2.24) is 4.90 Å². The molecule has 2 N–H and O–H groups in total. The van der Waals surface area contributed by atoms with E-state index >= 15 is 0 Å². The number of carbonyl (C=O) groups is 1. The number of rotatable bonds is 6. The molecule has 0 radical (unpaired) electrons. The molecule has 0 bridgehead atoms. The summed E-state index contributed by atoms with van der Waals surface area (Å²) in [5, 5.41) is 0. The molecule has 3 atom stereocenters. The van der Waals surface area contributed by atoms with Gasteiger partial charge in [-0.15, -0.1) is 0 Å². The third kappa shape index (κ3) is 3.77. The van der Waals surface area contributed by atoms with Crippen molar-refractivity contribution in [3.05, 3.63) is 34.9 Å². The maximum Gasteiger partial charge on any atom is 0.217 e. The number of aryl methyl sites for hydroxylation is 1. The van der Waals surface area contributed by atoms with Crippen molar-refractivity contribution < 1.29 is 8.68 Å². The summed E-state index contributed by atoms with van der Waals surface area (Å²) in [7, 11) is 0. The number of fused-ring (bicyclic) bond motifs is 3. The molecule has 1 fully saturated rings. The Balaban J connectivity index is 1.84. The lowest BCUT2D eigenvalue weighted by Gasteiger charge is -2.47. The van der Waals surface area contributed by atoms with E-state index in [1.165, 1.54) is 16.7 Å². The summed E-state index contributed by atoms with van der Waals surface area (Å²) in [6.07, 6.45) is 4.34. The van der Waals surface area contributed by atoms with Crippen LogP contribution in [-0.4, -0.2) is 29.6 Å². The van der Waals surface area contributed by atoms with Crippen molar-refractivity contribution in [3.8, 4) is 0 Å². The van der Waals surface area contributed by atoms with Crippen LogP contribution in [0, 0.1) is 11.8 Å². The lowest BCUT2D eigenvalue weighted by atomic mass is 9.74. The normalized spacial score (nSPS) is 26.7. The van der Waals surface area contributed by atoms with Crippen molar-refractivity contribution in [2.24, 2.45) is 17.6 Å². The minimum Gasteiger partial charge on any atom is -0.370 e. The van der Waals surface area contributed by atoms with Gasteiger partial charge in [-0.3, -0.25) is 9.69 Å². The average Bonchev–Trinajstić information content (AvgIpc) is 2.58. The smallest absolute Gasteiger partial charge is 0.217 e. The lowest BCUT2D eigenvalue weighted by Crippen LogP contribution is -2.46. The Bertz CT molecular complexity index is 595. The summed E-state index contributed by atoms with van der Waals surface area (Å²) in [4.78, 5) is 14.1. The summed E-state index contributed by atoms with van der Waals surface area (Å²) in [6.45, 7) is 4.20. The fourth-order valence-electron chi connectivity index (χ4n) is 4.47. The first-order valence-corrected chi connectivity index (χ1v) is 9.88. The van der Waals surface area contributed by atoms with Gasteiger partial charge in [-0.05, 0) is 54.2 Å². The van der Waals surface area contributed by atoms with E-state index in [0.29, 0.717) is 36.3 Å². The van der Waals surface area contributed by atoms with Crippen LogP contribution in [0.25, 0.3) is 0 Å². The van der Waals surface area contributed by atoms with Crippen molar-refractivity contribution in [2.75, 3.05) is 18.8 Å². The van der Waals surface area contributed by atoms with Crippen LogP contribution in [0.5, 0.6) is 0 Å². The monoisotopic (exact) mass is 350 g/mol. The molecule has 3 nitrogen and oxygen atoms in total. The number of nitrogens with two attached hydrogens (primary N) is 1.